The lowest BCUT2D eigenvalue weighted by Crippen LogP contribution is -2.60. The van der Waals surface area contributed by atoms with Gasteiger partial charge >= 0.3 is 11.9 Å². The van der Waals surface area contributed by atoms with Gasteiger partial charge in [-0.3, -0.25) is 14.1 Å². The number of aliphatic hydroxyl groups excluding tert-OH is 3. The van der Waals surface area contributed by atoms with E-state index in [0.29, 0.717) is 12.8 Å². The predicted octanol–water partition coefficient (Wildman–Crippen LogP) is 13.2. The van der Waals surface area contributed by atoms with E-state index in [9.17, 15) is 37.9 Å². The minimum Gasteiger partial charge on any atom is -0.462 e. The molecule has 0 spiro atoms. The highest BCUT2D eigenvalue weighted by Crippen LogP contribution is 2.24. The van der Waals surface area contributed by atoms with Crippen LogP contribution in [0.3, 0.4) is 0 Å². The molecule has 1 aliphatic rings. The summed E-state index contributed by atoms with van der Waals surface area (Å²) in [5, 5.41) is 31.0. The Kier molecular flexibility index (Phi) is 42.4. The van der Waals surface area contributed by atoms with Gasteiger partial charge in [-0.05, 0) is 12.8 Å². The van der Waals surface area contributed by atoms with Crippen molar-refractivity contribution >= 4 is 22.1 Å². The van der Waals surface area contributed by atoms with Crippen LogP contribution < -0.4 is 0 Å². The van der Waals surface area contributed by atoms with Gasteiger partial charge < -0.3 is 34.3 Å². The van der Waals surface area contributed by atoms with Crippen molar-refractivity contribution in [1.29, 1.82) is 0 Å². The third-order valence-corrected chi connectivity index (χ3v) is 14.2. The normalized spacial score (nSPS) is 19.2. The fraction of sp³-hybridized carbons (Fsp3) is 0.963. The summed E-state index contributed by atoms with van der Waals surface area (Å²) in [5.74, 6) is -1.95. The molecular formula is C54H104O12S. The SMILES string of the molecule is CCCCCCCCCCCCCCCCCCCCCCCCCC(=O)O[C@H](COC(=O)CCCCCCCCCCCCCCCCCC)CO[C@H]1O[C@H](CS(=O)(=O)O)[C@@H](O)C(O)C1O. The molecule has 0 aromatic rings. The van der Waals surface area contributed by atoms with Crippen molar-refractivity contribution in [1.82, 2.24) is 0 Å². The summed E-state index contributed by atoms with van der Waals surface area (Å²) in [5.41, 5.74) is 0. The lowest BCUT2D eigenvalue weighted by molar-refractivity contribution is -0.297. The molecule has 13 heteroatoms. The van der Waals surface area contributed by atoms with Gasteiger partial charge in [0, 0.05) is 12.8 Å². The van der Waals surface area contributed by atoms with E-state index in [-0.39, 0.29) is 19.4 Å². The predicted molar refractivity (Wildman–Crippen MR) is 271 cm³/mol. The highest BCUT2D eigenvalue weighted by Gasteiger charge is 2.46. The van der Waals surface area contributed by atoms with E-state index in [1.165, 1.54) is 199 Å². The number of hydrogen-bond donors (Lipinski definition) is 4. The van der Waals surface area contributed by atoms with Gasteiger partial charge in [0.15, 0.2) is 12.4 Å². The summed E-state index contributed by atoms with van der Waals surface area (Å²) >= 11 is 0. The van der Waals surface area contributed by atoms with E-state index < -0.39 is 71.2 Å². The number of carbonyl (C=O) groups excluding carboxylic acids is 2. The monoisotopic (exact) mass is 977 g/mol. The molecule has 0 aliphatic carbocycles. The molecule has 398 valence electrons. The zero-order valence-electron chi connectivity index (χ0n) is 43.0. The molecule has 0 bridgehead atoms. The summed E-state index contributed by atoms with van der Waals surface area (Å²) in [7, 11) is -4.60. The van der Waals surface area contributed by atoms with Crippen LogP contribution in [0.2, 0.25) is 0 Å². The van der Waals surface area contributed by atoms with Crippen molar-refractivity contribution in [3.63, 3.8) is 0 Å². The first-order valence-electron chi connectivity index (χ1n) is 28.1. The Morgan fingerprint density at radius 2 is 0.761 bits per heavy atom. The number of hydrogen-bond acceptors (Lipinski definition) is 11. The van der Waals surface area contributed by atoms with Gasteiger partial charge in [0.2, 0.25) is 0 Å². The number of carbonyl (C=O) groups is 2. The fourth-order valence-corrected chi connectivity index (χ4v) is 9.78. The Hall–Kier alpha value is -1.35. The Balaban J connectivity index is 2.29. The lowest BCUT2D eigenvalue weighted by Gasteiger charge is -2.40. The van der Waals surface area contributed by atoms with Crippen molar-refractivity contribution < 1.29 is 56.8 Å². The molecule has 0 aromatic carbocycles. The number of rotatable bonds is 49. The Morgan fingerprint density at radius 1 is 0.448 bits per heavy atom. The highest BCUT2D eigenvalue weighted by molar-refractivity contribution is 7.85. The van der Waals surface area contributed by atoms with Crippen LogP contribution in [0.15, 0.2) is 0 Å². The van der Waals surface area contributed by atoms with Crippen LogP contribution in [-0.4, -0.2) is 96.0 Å². The molecule has 1 fully saturated rings. The minimum absolute atomic E-state index is 0.173. The topological polar surface area (TPSA) is 186 Å². The van der Waals surface area contributed by atoms with Crippen molar-refractivity contribution in [2.45, 2.75) is 314 Å². The number of esters is 2. The van der Waals surface area contributed by atoms with Crippen LogP contribution in [0.25, 0.3) is 0 Å². The summed E-state index contributed by atoms with van der Waals surface area (Å²) in [6, 6.07) is 0. The Morgan fingerprint density at radius 3 is 1.09 bits per heavy atom. The van der Waals surface area contributed by atoms with Crippen molar-refractivity contribution in [3.8, 4) is 0 Å². The fourth-order valence-electron chi connectivity index (χ4n) is 9.09. The average Bonchev–Trinajstić information content (AvgIpc) is 3.30. The zero-order valence-corrected chi connectivity index (χ0v) is 43.9. The summed E-state index contributed by atoms with van der Waals surface area (Å²) in [6.07, 6.45) is 40.0. The van der Waals surface area contributed by atoms with Gasteiger partial charge in [-0.2, -0.15) is 8.42 Å². The molecule has 1 rings (SSSR count). The Bertz CT molecular complexity index is 1230. The van der Waals surface area contributed by atoms with Gasteiger partial charge in [-0.25, -0.2) is 0 Å². The van der Waals surface area contributed by atoms with Crippen molar-refractivity contribution in [2.75, 3.05) is 19.0 Å². The van der Waals surface area contributed by atoms with Crippen LogP contribution in [0.1, 0.15) is 277 Å². The number of ether oxygens (including phenoxy) is 4. The maximum Gasteiger partial charge on any atom is 0.306 e. The van der Waals surface area contributed by atoms with Gasteiger partial charge in [-0.1, -0.05) is 251 Å². The first kappa shape index (κ1) is 63.7. The van der Waals surface area contributed by atoms with E-state index in [2.05, 4.69) is 13.8 Å². The highest BCUT2D eigenvalue weighted by atomic mass is 32.2. The third kappa shape index (κ3) is 39.0. The van der Waals surface area contributed by atoms with Crippen LogP contribution >= 0.6 is 0 Å². The van der Waals surface area contributed by atoms with Crippen LogP contribution in [0.5, 0.6) is 0 Å². The first-order valence-corrected chi connectivity index (χ1v) is 29.7. The second-order valence-corrected chi connectivity index (χ2v) is 21.5. The molecule has 0 amide bonds. The van der Waals surface area contributed by atoms with Gasteiger partial charge in [0.25, 0.3) is 10.1 Å². The molecule has 6 atom stereocenters. The van der Waals surface area contributed by atoms with E-state index in [1.54, 1.807) is 0 Å². The molecule has 4 N–H and O–H groups in total. The van der Waals surface area contributed by atoms with Crippen LogP contribution in [0.4, 0.5) is 0 Å². The maximum absolute atomic E-state index is 12.9. The quantitative estimate of drug-likeness (QED) is 0.0257. The lowest BCUT2D eigenvalue weighted by atomic mass is 10.00. The summed E-state index contributed by atoms with van der Waals surface area (Å²) < 4.78 is 54.3. The zero-order chi connectivity index (χ0) is 49.1. The van der Waals surface area contributed by atoms with Gasteiger partial charge in [0.1, 0.15) is 36.8 Å². The standard InChI is InChI=1S/C54H104O12S/c1-3-5-7-9-11-13-15-17-19-21-22-23-24-25-26-27-29-31-33-35-37-39-41-43-50(56)65-47(45-64-54-53(59)52(58)51(57)48(66-54)46-67(60,61)62)44-63-49(55)42-40-38-36-34-32-30-28-20-18-16-14-12-10-8-6-4-2/h47-48,51-54,57-59H,3-46H2,1-2H3,(H,60,61,62)/t47-,48-,51-,52?,53?,54+/m1/s1. The molecule has 2 unspecified atom stereocenters. The maximum atomic E-state index is 12.9. The molecular weight excluding hydrogens is 873 g/mol. The smallest absolute Gasteiger partial charge is 0.306 e. The third-order valence-electron chi connectivity index (χ3n) is 13.4. The molecule has 67 heavy (non-hydrogen) atoms. The van der Waals surface area contributed by atoms with Crippen molar-refractivity contribution in [3.05, 3.63) is 0 Å². The van der Waals surface area contributed by atoms with Crippen molar-refractivity contribution in [2.24, 2.45) is 0 Å². The summed E-state index contributed by atoms with van der Waals surface area (Å²) in [4.78, 5) is 25.6. The van der Waals surface area contributed by atoms with E-state index in [0.717, 1.165) is 38.5 Å². The first-order chi connectivity index (χ1) is 32.5. The van der Waals surface area contributed by atoms with Crippen LogP contribution in [0, 0.1) is 0 Å². The summed E-state index contributed by atoms with van der Waals surface area (Å²) in [6.45, 7) is 3.83. The average molecular weight is 977 g/mol. The molecule has 0 aromatic heterocycles. The molecule has 1 saturated heterocycles. The molecule has 0 radical (unpaired) electrons. The second-order valence-electron chi connectivity index (χ2n) is 20.0. The molecule has 1 aliphatic heterocycles. The Labute approximate surface area is 410 Å². The second kappa shape index (κ2) is 44.6. The molecule has 1 heterocycles. The minimum atomic E-state index is -4.60. The van der Waals surface area contributed by atoms with Gasteiger partial charge in [0.05, 0.1) is 6.61 Å². The van der Waals surface area contributed by atoms with E-state index in [4.69, 9.17) is 18.9 Å². The number of aliphatic hydroxyl groups is 3. The van der Waals surface area contributed by atoms with Gasteiger partial charge in [-0.15, -0.1) is 0 Å². The number of unbranched alkanes of at least 4 members (excludes halogenated alkanes) is 37. The van der Waals surface area contributed by atoms with Crippen LogP contribution in [-0.2, 0) is 38.7 Å². The van der Waals surface area contributed by atoms with E-state index in [1.807, 2.05) is 0 Å². The van der Waals surface area contributed by atoms with E-state index >= 15 is 0 Å². The molecule has 12 nitrogen and oxygen atoms in total. The molecule has 0 saturated carbocycles. The largest absolute Gasteiger partial charge is 0.462 e.